The van der Waals surface area contributed by atoms with Crippen LogP contribution in [0.4, 0.5) is 0 Å². The van der Waals surface area contributed by atoms with Crippen molar-refractivity contribution in [1.29, 1.82) is 0 Å². The van der Waals surface area contributed by atoms with Gasteiger partial charge >= 0.3 is 11.9 Å². The molecule has 0 aliphatic carbocycles. The van der Waals surface area contributed by atoms with Crippen molar-refractivity contribution in [2.75, 3.05) is 6.54 Å². The number of unbranched alkanes of at least 4 members (excludes halogenated alkanes) is 2. The Morgan fingerprint density at radius 3 is 2.45 bits per heavy atom. The Labute approximate surface area is 172 Å². The van der Waals surface area contributed by atoms with E-state index in [9.17, 15) is 24.6 Å². The average Bonchev–Trinajstić information content (AvgIpc) is 3.20. The number of carbonyl (C=O) groups excluding carboxylic acids is 1. The highest BCUT2D eigenvalue weighted by molar-refractivity contribution is 5.88. The predicted molar refractivity (Wildman–Crippen MR) is 110 cm³/mol. The highest BCUT2D eigenvalue weighted by atomic mass is 16.4. The first kappa shape index (κ1) is 22.9. The van der Waals surface area contributed by atoms with Gasteiger partial charge in [-0.25, -0.2) is 4.79 Å². The summed E-state index contributed by atoms with van der Waals surface area (Å²) in [6.07, 6.45) is 5.26. The summed E-state index contributed by atoms with van der Waals surface area (Å²) in [5.74, 6) is -2.29. The van der Waals surface area contributed by atoms with Gasteiger partial charge in [0.05, 0.1) is 6.04 Å². The smallest absolute Gasteiger partial charge is 0.326 e. The van der Waals surface area contributed by atoms with Crippen molar-refractivity contribution in [2.45, 2.75) is 76.4 Å². The molecule has 1 amide bonds. The van der Waals surface area contributed by atoms with Gasteiger partial charge in [-0.05, 0) is 37.7 Å². The van der Waals surface area contributed by atoms with Gasteiger partial charge in [0.1, 0.15) is 12.1 Å². The molecule has 0 saturated carbocycles. The van der Waals surface area contributed by atoms with Crippen LogP contribution in [0.25, 0.3) is 0 Å². The molecule has 0 radical (unpaired) electrons. The number of amides is 1. The normalized spacial score (nSPS) is 18.4. The van der Waals surface area contributed by atoms with Gasteiger partial charge in [-0.1, -0.05) is 56.5 Å². The quantitative estimate of drug-likeness (QED) is 0.463. The summed E-state index contributed by atoms with van der Waals surface area (Å²) in [7, 11) is 0. The van der Waals surface area contributed by atoms with Crippen molar-refractivity contribution in [3.05, 3.63) is 35.9 Å². The molecule has 7 heteroatoms. The van der Waals surface area contributed by atoms with E-state index in [0.717, 1.165) is 24.8 Å². The van der Waals surface area contributed by atoms with Crippen molar-refractivity contribution in [2.24, 2.45) is 0 Å². The number of aliphatic carboxylic acids is 2. The number of aryl methyl sites for hydroxylation is 1. The van der Waals surface area contributed by atoms with Crippen LogP contribution in [0.15, 0.2) is 30.3 Å². The zero-order chi connectivity index (χ0) is 21.2. The molecule has 3 N–H and O–H groups in total. The molecule has 1 saturated heterocycles. The van der Waals surface area contributed by atoms with Gasteiger partial charge in [-0.15, -0.1) is 0 Å². The van der Waals surface area contributed by atoms with E-state index < -0.39 is 30.1 Å². The van der Waals surface area contributed by atoms with Crippen LogP contribution in [0, 0.1) is 0 Å². The van der Waals surface area contributed by atoms with Gasteiger partial charge in [0, 0.05) is 6.54 Å². The Morgan fingerprint density at radius 1 is 1.10 bits per heavy atom. The first-order valence-corrected chi connectivity index (χ1v) is 10.5. The maximum Gasteiger partial charge on any atom is 0.326 e. The molecule has 0 aromatic heterocycles. The molecule has 1 aliphatic rings. The van der Waals surface area contributed by atoms with E-state index in [1.165, 1.54) is 4.90 Å². The summed E-state index contributed by atoms with van der Waals surface area (Å²) < 4.78 is 0. The van der Waals surface area contributed by atoms with Crippen molar-refractivity contribution in [3.63, 3.8) is 0 Å². The third kappa shape index (κ3) is 6.85. The number of carboxylic acid groups (broad SMARTS) is 2. The molecule has 1 fully saturated rings. The topological polar surface area (TPSA) is 107 Å². The predicted octanol–water partition coefficient (Wildman–Crippen LogP) is 2.69. The molecule has 160 valence electrons. The molecule has 1 aromatic rings. The van der Waals surface area contributed by atoms with E-state index >= 15 is 0 Å². The van der Waals surface area contributed by atoms with Crippen LogP contribution in [-0.2, 0) is 20.8 Å². The second-order valence-corrected chi connectivity index (χ2v) is 7.66. The number of benzene rings is 1. The maximum atomic E-state index is 13.1. The molecule has 3 atom stereocenters. The fraction of sp³-hybridized carbons (Fsp3) is 0.591. The molecule has 29 heavy (non-hydrogen) atoms. The van der Waals surface area contributed by atoms with Crippen molar-refractivity contribution < 1.29 is 24.6 Å². The van der Waals surface area contributed by atoms with E-state index in [0.29, 0.717) is 38.6 Å². The fourth-order valence-electron chi connectivity index (χ4n) is 3.84. The Kier molecular flexibility index (Phi) is 9.12. The molecular weight excluding hydrogens is 372 g/mol. The van der Waals surface area contributed by atoms with E-state index in [4.69, 9.17) is 0 Å². The van der Waals surface area contributed by atoms with Crippen LogP contribution >= 0.6 is 0 Å². The van der Waals surface area contributed by atoms with Crippen LogP contribution in [0.2, 0.25) is 0 Å². The Hall–Kier alpha value is -2.41. The first-order valence-electron chi connectivity index (χ1n) is 10.5. The van der Waals surface area contributed by atoms with Crippen molar-refractivity contribution in [3.8, 4) is 0 Å². The minimum Gasteiger partial charge on any atom is -0.480 e. The molecule has 0 spiro atoms. The SMILES string of the molecule is CCCCCC(NC(CCc1ccccc1)C(=O)O)C(=O)N1CCC[C@H]1C(=O)O. The zero-order valence-electron chi connectivity index (χ0n) is 17.0. The first-order chi connectivity index (χ1) is 13.9. The molecule has 1 heterocycles. The lowest BCUT2D eigenvalue weighted by atomic mass is 10.0. The number of hydrogen-bond donors (Lipinski definition) is 3. The monoisotopic (exact) mass is 404 g/mol. The number of hydrogen-bond acceptors (Lipinski definition) is 4. The van der Waals surface area contributed by atoms with Crippen LogP contribution in [0.3, 0.4) is 0 Å². The molecule has 7 nitrogen and oxygen atoms in total. The van der Waals surface area contributed by atoms with Gasteiger partial charge in [0.25, 0.3) is 0 Å². The number of rotatable bonds is 12. The molecular formula is C22H32N2O5. The summed E-state index contributed by atoms with van der Waals surface area (Å²) in [5, 5.41) is 22.1. The third-order valence-corrected chi connectivity index (χ3v) is 5.48. The maximum absolute atomic E-state index is 13.1. The Balaban J connectivity index is 2.08. The number of carbonyl (C=O) groups is 3. The lowest BCUT2D eigenvalue weighted by Gasteiger charge is -2.29. The van der Waals surface area contributed by atoms with E-state index in [-0.39, 0.29) is 5.91 Å². The minimum absolute atomic E-state index is 0.294. The second kappa shape index (κ2) is 11.6. The number of likely N-dealkylation sites (tertiary alicyclic amines) is 1. The fourth-order valence-corrected chi connectivity index (χ4v) is 3.84. The second-order valence-electron chi connectivity index (χ2n) is 7.66. The lowest BCUT2D eigenvalue weighted by molar-refractivity contribution is -0.149. The van der Waals surface area contributed by atoms with Crippen molar-refractivity contribution >= 4 is 17.8 Å². The summed E-state index contributed by atoms with van der Waals surface area (Å²) in [6, 6.07) is 7.27. The van der Waals surface area contributed by atoms with Gasteiger partial charge in [0.2, 0.25) is 5.91 Å². The van der Waals surface area contributed by atoms with E-state index in [1.54, 1.807) is 0 Å². The number of carboxylic acids is 2. The molecule has 2 unspecified atom stereocenters. The Morgan fingerprint density at radius 2 is 1.83 bits per heavy atom. The van der Waals surface area contributed by atoms with Crippen LogP contribution in [0.1, 0.15) is 57.4 Å². The van der Waals surface area contributed by atoms with E-state index in [1.807, 2.05) is 30.3 Å². The molecule has 2 rings (SSSR count). The standard InChI is InChI=1S/C22H32N2O5/c1-2-3-5-11-17(20(25)24-15-8-12-19(24)22(28)29)23-18(21(26)27)14-13-16-9-6-4-7-10-16/h4,6-7,9-10,17-19,23H,2-3,5,8,11-15H2,1H3,(H,26,27)(H,28,29)/t17?,18?,19-/m0/s1. The molecule has 1 aliphatic heterocycles. The Bertz CT molecular complexity index is 679. The van der Waals surface area contributed by atoms with Gasteiger partial charge < -0.3 is 15.1 Å². The van der Waals surface area contributed by atoms with Gasteiger partial charge in [-0.3, -0.25) is 14.9 Å². The summed E-state index contributed by atoms with van der Waals surface area (Å²) >= 11 is 0. The third-order valence-electron chi connectivity index (χ3n) is 5.48. The average molecular weight is 405 g/mol. The number of nitrogens with zero attached hydrogens (tertiary/aromatic N) is 1. The minimum atomic E-state index is -0.998. The van der Waals surface area contributed by atoms with Crippen LogP contribution in [0.5, 0.6) is 0 Å². The van der Waals surface area contributed by atoms with Gasteiger partial charge in [-0.2, -0.15) is 0 Å². The largest absolute Gasteiger partial charge is 0.480 e. The van der Waals surface area contributed by atoms with Crippen molar-refractivity contribution in [1.82, 2.24) is 10.2 Å². The lowest BCUT2D eigenvalue weighted by Crippen LogP contribution is -2.54. The van der Waals surface area contributed by atoms with Gasteiger partial charge in [0.15, 0.2) is 0 Å². The summed E-state index contributed by atoms with van der Waals surface area (Å²) in [5.41, 5.74) is 1.04. The van der Waals surface area contributed by atoms with E-state index in [2.05, 4.69) is 12.2 Å². The highest BCUT2D eigenvalue weighted by Gasteiger charge is 2.38. The zero-order valence-corrected chi connectivity index (χ0v) is 17.0. The highest BCUT2D eigenvalue weighted by Crippen LogP contribution is 2.20. The van der Waals surface area contributed by atoms with Crippen LogP contribution < -0.4 is 5.32 Å². The molecule has 0 bridgehead atoms. The number of nitrogens with one attached hydrogen (secondary N) is 1. The summed E-state index contributed by atoms with van der Waals surface area (Å²) in [6.45, 7) is 2.47. The molecule has 1 aromatic carbocycles. The van der Waals surface area contributed by atoms with Crippen LogP contribution in [-0.4, -0.2) is 57.6 Å². The summed E-state index contributed by atoms with van der Waals surface area (Å²) in [4.78, 5) is 37.8.